The van der Waals surface area contributed by atoms with Gasteiger partial charge in [-0.3, -0.25) is 9.59 Å². The number of fused-ring (bicyclic) bond motifs is 1. The maximum absolute atomic E-state index is 13.6. The molecular weight excluding hydrogens is 384 g/mol. The summed E-state index contributed by atoms with van der Waals surface area (Å²) in [6.07, 6.45) is 7.39. The monoisotopic (exact) mass is 407 g/mol. The number of halogens is 2. The van der Waals surface area contributed by atoms with Crippen molar-refractivity contribution in [2.75, 3.05) is 11.9 Å². The molecule has 1 aromatic heterocycles. The van der Waals surface area contributed by atoms with Crippen molar-refractivity contribution in [3.8, 4) is 0 Å². The van der Waals surface area contributed by atoms with Crippen LogP contribution in [0.5, 0.6) is 0 Å². The van der Waals surface area contributed by atoms with Crippen LogP contribution in [0.3, 0.4) is 0 Å². The summed E-state index contributed by atoms with van der Waals surface area (Å²) in [4.78, 5) is 29.8. The molecule has 2 aromatic rings. The van der Waals surface area contributed by atoms with E-state index in [1.807, 2.05) is 0 Å². The minimum absolute atomic E-state index is 0.163. The molecular formula is C20H23F2N3O2S. The number of nitrogens with one attached hydrogen (secondary N) is 2. The number of thiazole rings is 1. The van der Waals surface area contributed by atoms with Gasteiger partial charge >= 0.3 is 0 Å². The molecule has 1 aliphatic carbocycles. The number of aromatic nitrogens is 1. The highest BCUT2D eigenvalue weighted by molar-refractivity contribution is 7.15. The van der Waals surface area contributed by atoms with Gasteiger partial charge in [0.2, 0.25) is 5.91 Å². The molecule has 2 N–H and O–H groups in total. The van der Waals surface area contributed by atoms with Crippen molar-refractivity contribution < 1.29 is 18.4 Å². The first kappa shape index (κ1) is 20.4. The number of carbonyl (C=O) groups is 2. The Labute approximate surface area is 166 Å². The lowest BCUT2D eigenvalue weighted by Crippen LogP contribution is -2.26. The minimum Gasteiger partial charge on any atom is -0.352 e. The third-order valence-corrected chi connectivity index (χ3v) is 5.71. The van der Waals surface area contributed by atoms with Gasteiger partial charge in [0.05, 0.1) is 11.3 Å². The van der Waals surface area contributed by atoms with Crippen LogP contribution < -0.4 is 10.6 Å². The van der Waals surface area contributed by atoms with Gasteiger partial charge in [-0.2, -0.15) is 0 Å². The fourth-order valence-corrected chi connectivity index (χ4v) is 4.23. The number of amides is 2. The molecule has 0 atom stereocenters. The average Bonchev–Trinajstić information content (AvgIpc) is 2.99. The molecule has 0 saturated heterocycles. The van der Waals surface area contributed by atoms with Crippen LogP contribution in [0.15, 0.2) is 18.2 Å². The van der Waals surface area contributed by atoms with Crippen LogP contribution in [0.1, 0.15) is 59.5 Å². The number of aryl methyl sites for hydroxylation is 2. The fraction of sp³-hybridized carbons (Fsp3) is 0.450. The molecule has 8 heteroatoms. The molecule has 3 rings (SSSR count). The summed E-state index contributed by atoms with van der Waals surface area (Å²) in [5, 5.41) is 6.00. The molecule has 1 aliphatic rings. The third-order valence-electron chi connectivity index (χ3n) is 4.63. The topological polar surface area (TPSA) is 71.1 Å². The Morgan fingerprint density at radius 1 is 1.11 bits per heavy atom. The second-order valence-corrected chi connectivity index (χ2v) is 7.92. The molecule has 5 nitrogen and oxygen atoms in total. The SMILES string of the molecule is O=C(CCCNC(=O)c1ccc(F)cc1F)Nc1nc2c(s1)CCCCCC2. The van der Waals surface area contributed by atoms with Gasteiger partial charge in [-0.15, -0.1) is 11.3 Å². The van der Waals surface area contributed by atoms with Crippen LogP contribution in [0.2, 0.25) is 0 Å². The van der Waals surface area contributed by atoms with Crippen molar-refractivity contribution in [2.24, 2.45) is 0 Å². The van der Waals surface area contributed by atoms with Crippen LogP contribution in [-0.2, 0) is 17.6 Å². The zero-order valence-corrected chi connectivity index (χ0v) is 16.3. The average molecular weight is 407 g/mol. The van der Waals surface area contributed by atoms with Crippen molar-refractivity contribution in [3.05, 3.63) is 46.0 Å². The first-order chi connectivity index (χ1) is 13.5. The summed E-state index contributed by atoms with van der Waals surface area (Å²) in [7, 11) is 0. The standard InChI is InChI=1S/C20H23F2N3O2S/c21-13-9-10-14(15(22)12-13)19(27)23-11-5-8-18(26)25-20-24-16-6-3-1-2-4-7-17(16)28-20/h9-10,12H,1-8,11H2,(H,23,27)(H,24,25,26). The van der Waals surface area contributed by atoms with Gasteiger partial charge in [-0.25, -0.2) is 13.8 Å². The van der Waals surface area contributed by atoms with Gasteiger partial charge in [0.15, 0.2) is 5.13 Å². The molecule has 1 aromatic carbocycles. The lowest BCUT2D eigenvalue weighted by atomic mass is 10.0. The molecule has 2 amide bonds. The van der Waals surface area contributed by atoms with Crippen LogP contribution in [0.25, 0.3) is 0 Å². The Balaban J connectivity index is 1.42. The van der Waals surface area contributed by atoms with Gasteiger partial charge in [0.1, 0.15) is 11.6 Å². The number of anilines is 1. The molecule has 0 aliphatic heterocycles. The van der Waals surface area contributed by atoms with Gasteiger partial charge in [-0.1, -0.05) is 12.8 Å². The molecule has 0 fully saturated rings. The number of nitrogens with zero attached hydrogens (tertiary/aromatic N) is 1. The molecule has 1 heterocycles. The third kappa shape index (κ3) is 5.58. The Kier molecular flexibility index (Phi) is 7.08. The summed E-state index contributed by atoms with van der Waals surface area (Å²) >= 11 is 1.55. The van der Waals surface area contributed by atoms with Crippen molar-refractivity contribution >= 4 is 28.3 Å². The number of rotatable bonds is 6. The van der Waals surface area contributed by atoms with E-state index in [0.29, 0.717) is 17.6 Å². The lowest BCUT2D eigenvalue weighted by molar-refractivity contribution is -0.116. The predicted molar refractivity (Wildman–Crippen MR) is 105 cm³/mol. The first-order valence-electron chi connectivity index (χ1n) is 9.54. The fourth-order valence-electron chi connectivity index (χ4n) is 3.16. The van der Waals surface area contributed by atoms with Gasteiger partial charge in [-0.05, 0) is 44.2 Å². The molecule has 0 unspecified atom stereocenters. The first-order valence-corrected chi connectivity index (χ1v) is 10.4. The van der Waals surface area contributed by atoms with Crippen LogP contribution >= 0.6 is 11.3 Å². The van der Waals surface area contributed by atoms with Crippen molar-refractivity contribution in [1.29, 1.82) is 0 Å². The molecule has 28 heavy (non-hydrogen) atoms. The summed E-state index contributed by atoms with van der Waals surface area (Å²) in [5.74, 6) is -2.43. The van der Waals surface area contributed by atoms with E-state index < -0.39 is 17.5 Å². The van der Waals surface area contributed by atoms with Gasteiger partial charge in [0, 0.05) is 23.9 Å². The summed E-state index contributed by atoms with van der Waals surface area (Å²) < 4.78 is 26.4. The Morgan fingerprint density at radius 2 is 1.89 bits per heavy atom. The number of hydrogen-bond donors (Lipinski definition) is 2. The summed E-state index contributed by atoms with van der Waals surface area (Å²) in [6, 6.07) is 2.80. The highest BCUT2D eigenvalue weighted by Gasteiger charge is 2.15. The number of carbonyl (C=O) groups excluding carboxylic acids is 2. The molecule has 0 bridgehead atoms. The Bertz CT molecular complexity index is 828. The second-order valence-electron chi connectivity index (χ2n) is 6.83. The smallest absolute Gasteiger partial charge is 0.254 e. The van der Waals surface area contributed by atoms with E-state index in [-0.39, 0.29) is 24.4 Å². The molecule has 0 saturated carbocycles. The van der Waals surface area contributed by atoms with Crippen LogP contribution in [0.4, 0.5) is 13.9 Å². The Morgan fingerprint density at radius 3 is 2.68 bits per heavy atom. The largest absolute Gasteiger partial charge is 0.352 e. The molecule has 0 spiro atoms. The number of hydrogen-bond acceptors (Lipinski definition) is 4. The van der Waals surface area contributed by atoms with Crippen molar-refractivity contribution in [2.45, 2.75) is 51.4 Å². The van der Waals surface area contributed by atoms with E-state index in [2.05, 4.69) is 15.6 Å². The Hall–Kier alpha value is -2.35. The van der Waals surface area contributed by atoms with E-state index in [9.17, 15) is 18.4 Å². The number of benzene rings is 1. The summed E-state index contributed by atoms with van der Waals surface area (Å²) in [5.41, 5.74) is 0.889. The zero-order valence-electron chi connectivity index (χ0n) is 15.5. The van der Waals surface area contributed by atoms with E-state index >= 15 is 0 Å². The van der Waals surface area contributed by atoms with E-state index in [4.69, 9.17) is 0 Å². The lowest BCUT2D eigenvalue weighted by Gasteiger charge is -2.06. The maximum Gasteiger partial charge on any atom is 0.254 e. The summed E-state index contributed by atoms with van der Waals surface area (Å²) in [6.45, 7) is 0.220. The quantitative estimate of drug-likeness (QED) is 0.704. The maximum atomic E-state index is 13.6. The van der Waals surface area contributed by atoms with Crippen molar-refractivity contribution in [3.63, 3.8) is 0 Å². The highest BCUT2D eigenvalue weighted by atomic mass is 32.1. The van der Waals surface area contributed by atoms with Crippen molar-refractivity contribution in [1.82, 2.24) is 10.3 Å². The second kappa shape index (κ2) is 9.73. The zero-order chi connectivity index (χ0) is 19.9. The van der Waals surface area contributed by atoms with Gasteiger partial charge < -0.3 is 10.6 Å². The molecule has 150 valence electrons. The predicted octanol–water partition coefficient (Wildman–Crippen LogP) is 4.23. The van der Waals surface area contributed by atoms with Crippen LogP contribution in [0, 0.1) is 11.6 Å². The highest BCUT2D eigenvalue weighted by Crippen LogP contribution is 2.28. The molecule has 0 radical (unpaired) electrons. The minimum atomic E-state index is -0.908. The normalized spacial score (nSPS) is 13.9. The van der Waals surface area contributed by atoms with Crippen LogP contribution in [-0.4, -0.2) is 23.3 Å². The van der Waals surface area contributed by atoms with E-state index in [1.165, 1.54) is 17.7 Å². The van der Waals surface area contributed by atoms with E-state index in [1.54, 1.807) is 11.3 Å². The van der Waals surface area contributed by atoms with Gasteiger partial charge in [0.25, 0.3) is 5.91 Å². The van der Waals surface area contributed by atoms with E-state index in [0.717, 1.165) is 43.5 Å².